The summed E-state index contributed by atoms with van der Waals surface area (Å²) in [5.74, 6) is 0. The second-order valence-electron chi connectivity index (χ2n) is 6.51. The molecule has 2 aliphatic heterocycles. The summed E-state index contributed by atoms with van der Waals surface area (Å²) >= 11 is 0. The van der Waals surface area contributed by atoms with Gasteiger partial charge in [-0.2, -0.15) is 0 Å². The molecule has 0 saturated carbocycles. The van der Waals surface area contributed by atoms with Gasteiger partial charge in [-0.1, -0.05) is 29.4 Å². The van der Waals surface area contributed by atoms with Crippen molar-refractivity contribution in [1.82, 2.24) is 15.0 Å². The van der Waals surface area contributed by atoms with Crippen LogP contribution in [0.25, 0.3) is 0 Å². The highest BCUT2D eigenvalue weighted by molar-refractivity contribution is 5.29. The fourth-order valence-corrected chi connectivity index (χ4v) is 3.85. The van der Waals surface area contributed by atoms with Gasteiger partial charge in [0.15, 0.2) is 0 Å². The summed E-state index contributed by atoms with van der Waals surface area (Å²) in [6.45, 7) is 5.54. The first-order chi connectivity index (χ1) is 10.9. The van der Waals surface area contributed by atoms with Crippen molar-refractivity contribution in [3.8, 4) is 0 Å². The summed E-state index contributed by atoms with van der Waals surface area (Å²) in [6, 6.07) is 11.5. The Bertz CT molecular complexity index is 611. The molecule has 116 valence electrons. The smallest absolute Gasteiger partial charge is 0.124 e. The monoisotopic (exact) mass is 297 g/mol. The lowest BCUT2D eigenvalue weighted by atomic mass is 9.96. The quantitative estimate of drug-likeness (QED) is 0.872. The van der Waals surface area contributed by atoms with Crippen LogP contribution in [0.1, 0.15) is 29.7 Å². The Morgan fingerprint density at radius 1 is 1.14 bits per heavy atom. The zero-order chi connectivity index (χ0) is 14.8. The van der Waals surface area contributed by atoms with E-state index in [0.717, 1.165) is 25.3 Å². The molecular weight excluding hydrogens is 274 g/mol. The number of aromatic nitrogens is 1. The summed E-state index contributed by atoms with van der Waals surface area (Å²) in [5.41, 5.74) is 4.10. The van der Waals surface area contributed by atoms with Gasteiger partial charge in [0, 0.05) is 38.3 Å². The van der Waals surface area contributed by atoms with Crippen molar-refractivity contribution in [3.05, 3.63) is 53.4 Å². The lowest BCUT2D eigenvalue weighted by Crippen LogP contribution is -2.49. The Morgan fingerprint density at radius 2 is 2.05 bits per heavy atom. The number of rotatable bonds is 3. The molecule has 4 rings (SSSR count). The number of piperidine rings is 1. The van der Waals surface area contributed by atoms with Crippen LogP contribution >= 0.6 is 0 Å². The number of hydrogen-bond acceptors (Lipinski definition) is 4. The molecule has 22 heavy (non-hydrogen) atoms. The number of likely N-dealkylation sites (tertiary alicyclic amines) is 1. The molecule has 0 aliphatic carbocycles. The number of nitrogens with zero attached hydrogens (tertiary/aromatic N) is 3. The molecule has 2 aromatic rings. The molecule has 1 unspecified atom stereocenters. The molecular formula is C18H23N3O. The van der Waals surface area contributed by atoms with Crippen LogP contribution in [0.15, 0.2) is 41.1 Å². The molecule has 1 aromatic carbocycles. The molecule has 1 fully saturated rings. The van der Waals surface area contributed by atoms with Gasteiger partial charge in [-0.3, -0.25) is 9.80 Å². The van der Waals surface area contributed by atoms with Crippen LogP contribution in [-0.2, 0) is 19.5 Å². The van der Waals surface area contributed by atoms with Gasteiger partial charge < -0.3 is 4.52 Å². The second-order valence-corrected chi connectivity index (χ2v) is 6.51. The van der Waals surface area contributed by atoms with Gasteiger partial charge in [0.1, 0.15) is 6.26 Å². The lowest BCUT2D eigenvalue weighted by Gasteiger charge is -2.41. The third-order valence-electron chi connectivity index (χ3n) is 5.03. The maximum Gasteiger partial charge on any atom is 0.124 e. The molecule has 3 heterocycles. The minimum atomic E-state index is 0.675. The Labute approximate surface area is 131 Å². The second kappa shape index (κ2) is 6.23. The average molecular weight is 297 g/mol. The normalized spacial score (nSPS) is 23.4. The largest absolute Gasteiger partial charge is 0.364 e. The predicted molar refractivity (Wildman–Crippen MR) is 85.4 cm³/mol. The first-order valence-corrected chi connectivity index (χ1v) is 8.31. The average Bonchev–Trinajstić information content (AvgIpc) is 3.08. The molecule has 4 heteroatoms. The maximum absolute atomic E-state index is 4.95. The van der Waals surface area contributed by atoms with Gasteiger partial charge in [0.2, 0.25) is 0 Å². The Hall–Kier alpha value is -1.65. The van der Waals surface area contributed by atoms with E-state index in [4.69, 9.17) is 4.52 Å². The predicted octanol–water partition coefficient (Wildman–Crippen LogP) is 2.70. The minimum Gasteiger partial charge on any atom is -0.364 e. The van der Waals surface area contributed by atoms with E-state index >= 15 is 0 Å². The van der Waals surface area contributed by atoms with E-state index in [1.54, 1.807) is 6.26 Å². The highest BCUT2D eigenvalue weighted by atomic mass is 16.5. The van der Waals surface area contributed by atoms with Gasteiger partial charge >= 0.3 is 0 Å². The fourth-order valence-electron chi connectivity index (χ4n) is 3.85. The van der Waals surface area contributed by atoms with Crippen LogP contribution in [0.3, 0.4) is 0 Å². The molecule has 2 aliphatic rings. The highest BCUT2D eigenvalue weighted by Gasteiger charge is 2.28. The third kappa shape index (κ3) is 2.94. The van der Waals surface area contributed by atoms with E-state index in [2.05, 4.69) is 39.2 Å². The van der Waals surface area contributed by atoms with Crippen molar-refractivity contribution in [3.63, 3.8) is 0 Å². The molecule has 0 bridgehead atoms. The summed E-state index contributed by atoms with van der Waals surface area (Å²) < 4.78 is 4.95. The SMILES string of the molecule is c1ccc2c(c1)CCN(C1CCCN(Cc3ccon3)C1)C2. The van der Waals surface area contributed by atoms with E-state index in [0.29, 0.717) is 6.04 Å². The van der Waals surface area contributed by atoms with Crippen LogP contribution in [0, 0.1) is 0 Å². The van der Waals surface area contributed by atoms with Crippen LogP contribution < -0.4 is 0 Å². The number of benzene rings is 1. The first kappa shape index (κ1) is 14.0. The van der Waals surface area contributed by atoms with Crippen LogP contribution in [-0.4, -0.2) is 40.6 Å². The molecule has 1 saturated heterocycles. The van der Waals surface area contributed by atoms with Crippen molar-refractivity contribution in [2.45, 2.75) is 38.4 Å². The topological polar surface area (TPSA) is 32.5 Å². The fraction of sp³-hybridized carbons (Fsp3) is 0.500. The van der Waals surface area contributed by atoms with Crippen molar-refractivity contribution in [1.29, 1.82) is 0 Å². The molecule has 0 amide bonds. The number of hydrogen-bond donors (Lipinski definition) is 0. The zero-order valence-corrected chi connectivity index (χ0v) is 12.9. The van der Waals surface area contributed by atoms with Gasteiger partial charge in [0.25, 0.3) is 0 Å². The number of fused-ring (bicyclic) bond motifs is 1. The van der Waals surface area contributed by atoms with E-state index < -0.39 is 0 Å². The van der Waals surface area contributed by atoms with Crippen molar-refractivity contribution >= 4 is 0 Å². The Balaban J connectivity index is 1.40. The summed E-state index contributed by atoms with van der Waals surface area (Å²) in [6.07, 6.45) is 5.45. The summed E-state index contributed by atoms with van der Waals surface area (Å²) in [5, 5.41) is 4.05. The van der Waals surface area contributed by atoms with Gasteiger partial charge in [-0.25, -0.2) is 0 Å². The van der Waals surface area contributed by atoms with E-state index in [-0.39, 0.29) is 0 Å². The zero-order valence-electron chi connectivity index (χ0n) is 12.9. The Morgan fingerprint density at radius 3 is 2.91 bits per heavy atom. The van der Waals surface area contributed by atoms with Crippen molar-refractivity contribution in [2.75, 3.05) is 19.6 Å². The Kier molecular flexibility index (Phi) is 3.95. The van der Waals surface area contributed by atoms with Crippen molar-refractivity contribution < 1.29 is 4.52 Å². The molecule has 0 spiro atoms. The maximum atomic E-state index is 4.95. The molecule has 0 N–H and O–H groups in total. The lowest BCUT2D eigenvalue weighted by molar-refractivity contribution is 0.0826. The summed E-state index contributed by atoms with van der Waals surface area (Å²) in [7, 11) is 0. The highest BCUT2D eigenvalue weighted by Crippen LogP contribution is 2.24. The third-order valence-corrected chi connectivity index (χ3v) is 5.03. The minimum absolute atomic E-state index is 0.675. The van der Waals surface area contributed by atoms with E-state index in [9.17, 15) is 0 Å². The first-order valence-electron chi connectivity index (χ1n) is 8.31. The van der Waals surface area contributed by atoms with Gasteiger partial charge in [0.05, 0.1) is 5.69 Å². The van der Waals surface area contributed by atoms with E-state index in [1.165, 1.54) is 43.5 Å². The molecule has 4 nitrogen and oxygen atoms in total. The van der Waals surface area contributed by atoms with Crippen molar-refractivity contribution in [2.24, 2.45) is 0 Å². The van der Waals surface area contributed by atoms with Gasteiger partial charge in [-0.15, -0.1) is 0 Å². The van der Waals surface area contributed by atoms with Crippen LogP contribution in [0.4, 0.5) is 0 Å². The standard InChI is InChI=1S/C18H23N3O/c1-2-5-16-12-21(10-7-15(16)4-1)18-6-3-9-20(14-18)13-17-8-11-22-19-17/h1-2,4-5,8,11,18H,3,6-7,9-10,12-14H2. The van der Waals surface area contributed by atoms with Crippen LogP contribution in [0.5, 0.6) is 0 Å². The molecule has 1 aromatic heterocycles. The molecule has 0 radical (unpaired) electrons. The van der Waals surface area contributed by atoms with Gasteiger partial charge in [-0.05, 0) is 36.9 Å². The van der Waals surface area contributed by atoms with E-state index in [1.807, 2.05) is 6.07 Å². The molecule has 1 atom stereocenters. The summed E-state index contributed by atoms with van der Waals surface area (Å²) in [4.78, 5) is 5.20. The van der Waals surface area contributed by atoms with Crippen LogP contribution in [0.2, 0.25) is 0 Å².